The molecule has 1 aromatic carbocycles. The highest BCUT2D eigenvalue weighted by molar-refractivity contribution is 6.49. The monoisotopic (exact) mass is 231 g/mol. The molecule has 2 aliphatic carbocycles. The van der Waals surface area contributed by atoms with Crippen LogP contribution in [0.25, 0.3) is 0 Å². The molecule has 0 N–H and O–H groups in total. The lowest BCUT2D eigenvalue weighted by Gasteiger charge is -2.15. The summed E-state index contributed by atoms with van der Waals surface area (Å²) in [6, 6.07) is 4.79. The number of rotatable bonds is 3. The Balaban J connectivity index is 1.99. The zero-order valence-corrected chi connectivity index (χ0v) is 11.2. The van der Waals surface area contributed by atoms with Gasteiger partial charge in [-0.15, -0.1) is 0 Å². The Kier molecular flexibility index (Phi) is 2.54. The van der Waals surface area contributed by atoms with E-state index >= 15 is 0 Å². The van der Waals surface area contributed by atoms with Crippen molar-refractivity contribution < 1.29 is 4.43 Å². The van der Waals surface area contributed by atoms with Gasteiger partial charge >= 0.3 is 0 Å². The Morgan fingerprint density at radius 3 is 2.44 bits per heavy atom. The average Bonchev–Trinajstić information content (AvgIpc) is 2.96. The molecule has 1 nitrogen and oxygen atoms in total. The lowest BCUT2D eigenvalue weighted by molar-refractivity contribution is 0.570. The van der Waals surface area contributed by atoms with Crippen LogP contribution in [-0.4, -0.2) is 9.04 Å². The minimum atomic E-state index is -0.631. The van der Waals surface area contributed by atoms with E-state index in [1.54, 1.807) is 11.1 Å². The summed E-state index contributed by atoms with van der Waals surface area (Å²) in [6.45, 7) is 4.43. The molecule has 0 aromatic heterocycles. The van der Waals surface area contributed by atoms with E-state index in [2.05, 4.69) is 25.2 Å². The van der Waals surface area contributed by atoms with Gasteiger partial charge in [-0.2, -0.15) is 0 Å². The number of fused-ring (bicyclic) bond motifs is 1. The summed E-state index contributed by atoms with van der Waals surface area (Å²) >= 11 is 0. The molecule has 1 radical (unpaired) electrons. The maximum Gasteiger partial charge on any atom is 0.274 e. The van der Waals surface area contributed by atoms with Crippen molar-refractivity contribution in [3.05, 3.63) is 28.8 Å². The van der Waals surface area contributed by atoms with Crippen LogP contribution in [0, 0.1) is 0 Å². The predicted molar refractivity (Wildman–Crippen MR) is 68.6 cm³/mol. The molecule has 85 valence electrons. The van der Waals surface area contributed by atoms with E-state index in [0.717, 1.165) is 5.92 Å². The van der Waals surface area contributed by atoms with Gasteiger partial charge in [-0.05, 0) is 73.9 Å². The Morgan fingerprint density at radius 2 is 1.81 bits per heavy atom. The van der Waals surface area contributed by atoms with Gasteiger partial charge in [0.05, 0.1) is 0 Å². The third-order valence-electron chi connectivity index (χ3n) is 3.56. The second-order valence-corrected chi connectivity index (χ2v) is 7.32. The number of benzene rings is 1. The average molecular weight is 231 g/mol. The van der Waals surface area contributed by atoms with E-state index in [1.165, 1.54) is 43.4 Å². The smallest absolute Gasteiger partial charge is 0.274 e. The van der Waals surface area contributed by atoms with E-state index < -0.39 is 9.04 Å². The Hall–Kier alpha value is -0.763. The van der Waals surface area contributed by atoms with Crippen molar-refractivity contribution in [2.75, 3.05) is 0 Å². The van der Waals surface area contributed by atoms with Crippen molar-refractivity contribution in [3.8, 4) is 5.75 Å². The van der Waals surface area contributed by atoms with Crippen LogP contribution >= 0.6 is 0 Å². The summed E-state index contributed by atoms with van der Waals surface area (Å²) in [4.78, 5) is 0. The summed E-state index contributed by atoms with van der Waals surface area (Å²) in [5.41, 5.74) is 4.64. The van der Waals surface area contributed by atoms with E-state index in [9.17, 15) is 0 Å². The van der Waals surface area contributed by atoms with Gasteiger partial charge in [-0.1, -0.05) is 6.07 Å². The van der Waals surface area contributed by atoms with Gasteiger partial charge in [0, 0.05) is 0 Å². The third-order valence-corrected chi connectivity index (χ3v) is 4.18. The van der Waals surface area contributed by atoms with Crippen molar-refractivity contribution in [1.82, 2.24) is 0 Å². The topological polar surface area (TPSA) is 9.23 Å². The molecule has 1 saturated carbocycles. The highest BCUT2D eigenvalue weighted by Gasteiger charge is 2.28. The SMILES string of the molecule is C[Si](C)Oc1cc2c(cc1C1CC1)CCC2. The van der Waals surface area contributed by atoms with Crippen molar-refractivity contribution in [3.63, 3.8) is 0 Å². The molecule has 0 spiro atoms. The summed E-state index contributed by atoms with van der Waals surface area (Å²) < 4.78 is 6.07. The minimum Gasteiger partial charge on any atom is -0.542 e. The fourth-order valence-corrected chi connectivity index (χ4v) is 3.26. The molecule has 0 saturated heterocycles. The van der Waals surface area contributed by atoms with Gasteiger partial charge in [0.1, 0.15) is 5.75 Å². The Morgan fingerprint density at radius 1 is 1.12 bits per heavy atom. The van der Waals surface area contributed by atoms with E-state index in [4.69, 9.17) is 4.43 Å². The predicted octanol–water partition coefficient (Wildman–Crippen LogP) is 3.68. The van der Waals surface area contributed by atoms with Gasteiger partial charge in [-0.3, -0.25) is 0 Å². The lowest BCUT2D eigenvalue weighted by atomic mass is 10.0. The van der Waals surface area contributed by atoms with E-state index in [0.29, 0.717) is 0 Å². The largest absolute Gasteiger partial charge is 0.542 e. The van der Waals surface area contributed by atoms with E-state index in [-0.39, 0.29) is 0 Å². The molecule has 0 atom stereocenters. The zero-order valence-electron chi connectivity index (χ0n) is 10.2. The van der Waals surface area contributed by atoms with Crippen molar-refractivity contribution in [2.24, 2.45) is 0 Å². The summed E-state index contributed by atoms with van der Waals surface area (Å²) in [7, 11) is -0.631. The first-order valence-corrected chi connectivity index (χ1v) is 8.78. The molecule has 1 fully saturated rings. The van der Waals surface area contributed by atoms with Gasteiger partial charge in [0.15, 0.2) is 0 Å². The molecule has 0 aliphatic heterocycles. The fourth-order valence-electron chi connectivity index (χ4n) is 2.64. The first-order chi connectivity index (χ1) is 7.74. The standard InChI is InChI=1S/C14H19OSi/c1-16(2)15-14-9-12-5-3-4-11(12)8-13(14)10-6-7-10/h8-10H,3-7H2,1-2H3. The molecule has 2 heteroatoms. The molecule has 2 aliphatic rings. The molecule has 0 unspecified atom stereocenters. The maximum atomic E-state index is 6.07. The first kappa shape index (κ1) is 10.4. The molecule has 0 bridgehead atoms. The highest BCUT2D eigenvalue weighted by atomic mass is 28.3. The maximum absolute atomic E-state index is 6.07. The molecule has 0 amide bonds. The van der Waals surface area contributed by atoms with Gasteiger partial charge in [0.2, 0.25) is 0 Å². The summed E-state index contributed by atoms with van der Waals surface area (Å²) in [5, 5.41) is 0. The van der Waals surface area contributed by atoms with Crippen LogP contribution in [0.15, 0.2) is 12.1 Å². The molecule has 1 aromatic rings. The van der Waals surface area contributed by atoms with Crippen LogP contribution in [0.1, 0.15) is 41.9 Å². The fraction of sp³-hybridized carbons (Fsp3) is 0.571. The number of hydrogen-bond acceptors (Lipinski definition) is 1. The second kappa shape index (κ2) is 3.92. The quantitative estimate of drug-likeness (QED) is 0.721. The Labute approximate surface area is 99.6 Å². The minimum absolute atomic E-state index is 0.631. The molecule has 3 rings (SSSR count). The molecule has 16 heavy (non-hydrogen) atoms. The van der Waals surface area contributed by atoms with Crippen LogP contribution in [0.3, 0.4) is 0 Å². The second-order valence-electron chi connectivity index (χ2n) is 5.30. The normalized spacial score (nSPS) is 18.9. The Bertz CT molecular complexity index is 407. The van der Waals surface area contributed by atoms with Crippen molar-refractivity contribution in [1.29, 1.82) is 0 Å². The third kappa shape index (κ3) is 1.91. The summed E-state index contributed by atoms with van der Waals surface area (Å²) in [6.07, 6.45) is 6.60. The van der Waals surface area contributed by atoms with Gasteiger partial charge < -0.3 is 4.43 Å². The van der Waals surface area contributed by atoms with Crippen LogP contribution < -0.4 is 4.43 Å². The summed E-state index contributed by atoms with van der Waals surface area (Å²) in [5.74, 6) is 2.02. The zero-order chi connectivity index (χ0) is 11.1. The van der Waals surface area contributed by atoms with Crippen molar-refractivity contribution >= 4 is 9.04 Å². The van der Waals surface area contributed by atoms with Crippen LogP contribution in [0.5, 0.6) is 5.75 Å². The van der Waals surface area contributed by atoms with Crippen LogP contribution in [-0.2, 0) is 12.8 Å². The molecule has 0 heterocycles. The highest BCUT2D eigenvalue weighted by Crippen LogP contribution is 2.46. The van der Waals surface area contributed by atoms with Crippen molar-refractivity contribution in [2.45, 2.75) is 51.1 Å². The van der Waals surface area contributed by atoms with Gasteiger partial charge in [0.25, 0.3) is 9.04 Å². The van der Waals surface area contributed by atoms with E-state index in [1.807, 2.05) is 0 Å². The van der Waals surface area contributed by atoms with Crippen LogP contribution in [0.2, 0.25) is 13.1 Å². The number of aryl methyl sites for hydroxylation is 2. The van der Waals surface area contributed by atoms with Crippen LogP contribution in [0.4, 0.5) is 0 Å². The van der Waals surface area contributed by atoms with Gasteiger partial charge in [-0.25, -0.2) is 0 Å². The first-order valence-electron chi connectivity index (χ1n) is 6.38. The lowest BCUT2D eigenvalue weighted by Crippen LogP contribution is -2.12. The molecular weight excluding hydrogens is 212 g/mol. The molecular formula is C14H19OSi. The number of hydrogen-bond donors (Lipinski definition) is 0.